The molecular formula is C15H24N2O3. The highest BCUT2D eigenvalue weighted by Gasteiger charge is 2.18. The smallest absolute Gasteiger partial charge is 0.373 e. The van der Waals surface area contributed by atoms with Crippen LogP contribution in [-0.2, 0) is 11.3 Å². The lowest BCUT2D eigenvalue weighted by molar-refractivity contribution is 0.0560. The first-order valence-electron chi connectivity index (χ1n) is 7.33. The third-order valence-electron chi connectivity index (χ3n) is 3.85. The van der Waals surface area contributed by atoms with Crippen LogP contribution < -0.4 is 5.32 Å². The Morgan fingerprint density at radius 3 is 2.85 bits per heavy atom. The summed E-state index contributed by atoms with van der Waals surface area (Å²) in [4.78, 5) is 13.7. The molecule has 1 aliphatic heterocycles. The number of nitrogens with zero attached hydrogens (tertiary/aromatic N) is 1. The number of methoxy groups -OCH3 is 1. The average molecular weight is 280 g/mol. The molecule has 0 amide bonds. The van der Waals surface area contributed by atoms with Gasteiger partial charge in [-0.1, -0.05) is 6.92 Å². The van der Waals surface area contributed by atoms with Crippen molar-refractivity contribution in [2.75, 3.05) is 33.3 Å². The molecule has 112 valence electrons. The molecule has 0 unspecified atom stereocenters. The minimum atomic E-state index is -0.419. The summed E-state index contributed by atoms with van der Waals surface area (Å²) in [7, 11) is 1.36. The fourth-order valence-electron chi connectivity index (χ4n) is 2.63. The highest BCUT2D eigenvalue weighted by Crippen LogP contribution is 2.16. The van der Waals surface area contributed by atoms with Gasteiger partial charge in [-0.3, -0.25) is 4.90 Å². The molecule has 2 heterocycles. The largest absolute Gasteiger partial charge is 0.463 e. The maximum absolute atomic E-state index is 11.4. The van der Waals surface area contributed by atoms with Crippen LogP contribution in [0.25, 0.3) is 0 Å². The maximum atomic E-state index is 11.4. The van der Waals surface area contributed by atoms with E-state index in [4.69, 9.17) is 4.42 Å². The molecule has 20 heavy (non-hydrogen) atoms. The van der Waals surface area contributed by atoms with Crippen molar-refractivity contribution in [3.8, 4) is 0 Å². The van der Waals surface area contributed by atoms with Crippen LogP contribution in [0.1, 0.15) is 36.1 Å². The van der Waals surface area contributed by atoms with Gasteiger partial charge in [0.15, 0.2) is 0 Å². The summed E-state index contributed by atoms with van der Waals surface area (Å²) in [5, 5.41) is 3.39. The number of esters is 1. The summed E-state index contributed by atoms with van der Waals surface area (Å²) in [6.45, 7) is 7.22. The maximum Gasteiger partial charge on any atom is 0.373 e. The molecule has 1 N–H and O–H groups in total. The molecule has 0 aliphatic carbocycles. The third-order valence-corrected chi connectivity index (χ3v) is 3.85. The first-order chi connectivity index (χ1) is 9.72. The lowest BCUT2D eigenvalue weighted by atomic mass is 9.97. The second-order valence-corrected chi connectivity index (χ2v) is 5.28. The number of ether oxygens (including phenoxy) is 1. The lowest BCUT2D eigenvalue weighted by Gasteiger charge is -2.28. The third kappa shape index (κ3) is 4.08. The van der Waals surface area contributed by atoms with Gasteiger partial charge in [0.05, 0.1) is 13.7 Å². The van der Waals surface area contributed by atoms with Gasteiger partial charge in [0, 0.05) is 6.54 Å². The number of furan rings is 1. The van der Waals surface area contributed by atoms with Crippen molar-refractivity contribution < 1.29 is 13.9 Å². The van der Waals surface area contributed by atoms with Crippen LogP contribution in [-0.4, -0.2) is 44.2 Å². The van der Waals surface area contributed by atoms with Gasteiger partial charge in [-0.15, -0.1) is 0 Å². The molecule has 5 heteroatoms. The van der Waals surface area contributed by atoms with E-state index in [1.807, 2.05) is 6.07 Å². The van der Waals surface area contributed by atoms with Crippen LogP contribution in [0.4, 0.5) is 0 Å². The van der Waals surface area contributed by atoms with Gasteiger partial charge in [0.1, 0.15) is 5.76 Å². The second kappa shape index (κ2) is 7.45. The first-order valence-corrected chi connectivity index (χ1v) is 7.33. The molecule has 0 aromatic carbocycles. The molecule has 0 spiro atoms. The van der Waals surface area contributed by atoms with Crippen LogP contribution in [0.15, 0.2) is 16.5 Å². The monoisotopic (exact) mass is 280 g/mol. The number of nitrogens with one attached hydrogen (secondary N) is 1. The molecule has 0 saturated carbocycles. The number of rotatable bonds is 6. The zero-order chi connectivity index (χ0) is 14.4. The Labute approximate surface area is 120 Å². The van der Waals surface area contributed by atoms with E-state index >= 15 is 0 Å². The number of hydrogen-bond donors (Lipinski definition) is 1. The zero-order valence-electron chi connectivity index (χ0n) is 12.4. The zero-order valence-corrected chi connectivity index (χ0v) is 12.4. The van der Waals surface area contributed by atoms with Crippen LogP contribution in [0.3, 0.4) is 0 Å². The molecule has 1 aliphatic rings. The Balaban J connectivity index is 1.88. The fraction of sp³-hybridized carbons (Fsp3) is 0.667. The van der Waals surface area contributed by atoms with Crippen molar-refractivity contribution in [1.29, 1.82) is 0 Å². The number of hydrogen-bond acceptors (Lipinski definition) is 5. The number of carbonyl (C=O) groups is 1. The SMILES string of the molecule is CCN(Cc1ccc(C(=O)OC)o1)CC1CCNCC1. The Bertz CT molecular complexity index is 425. The number of carbonyl (C=O) groups excluding carboxylic acids is 1. The molecular weight excluding hydrogens is 256 g/mol. The van der Waals surface area contributed by atoms with E-state index in [0.29, 0.717) is 0 Å². The molecule has 1 aromatic rings. The normalized spacial score (nSPS) is 16.6. The number of piperidine rings is 1. The molecule has 0 radical (unpaired) electrons. The van der Waals surface area contributed by atoms with Gasteiger partial charge in [-0.2, -0.15) is 0 Å². The van der Waals surface area contributed by atoms with Crippen molar-refractivity contribution in [2.45, 2.75) is 26.3 Å². The van der Waals surface area contributed by atoms with E-state index in [-0.39, 0.29) is 5.76 Å². The predicted octanol–water partition coefficient (Wildman–Crippen LogP) is 1.89. The Kier molecular flexibility index (Phi) is 5.61. The van der Waals surface area contributed by atoms with Crippen molar-refractivity contribution in [3.05, 3.63) is 23.7 Å². The van der Waals surface area contributed by atoms with E-state index < -0.39 is 5.97 Å². The summed E-state index contributed by atoms with van der Waals surface area (Å²) >= 11 is 0. The van der Waals surface area contributed by atoms with Gasteiger partial charge in [-0.25, -0.2) is 4.79 Å². The lowest BCUT2D eigenvalue weighted by Crippen LogP contribution is -2.35. The summed E-state index contributed by atoms with van der Waals surface area (Å²) in [5.74, 6) is 1.44. The second-order valence-electron chi connectivity index (χ2n) is 5.28. The van der Waals surface area contributed by atoms with E-state index in [1.165, 1.54) is 20.0 Å². The molecule has 0 bridgehead atoms. The summed E-state index contributed by atoms with van der Waals surface area (Å²) in [6.07, 6.45) is 2.48. The highest BCUT2D eigenvalue weighted by molar-refractivity contribution is 5.86. The molecule has 2 rings (SSSR count). The average Bonchev–Trinajstić information content (AvgIpc) is 2.95. The van der Waals surface area contributed by atoms with Crippen molar-refractivity contribution in [2.24, 2.45) is 5.92 Å². The van der Waals surface area contributed by atoms with Gasteiger partial charge in [-0.05, 0) is 50.5 Å². The Morgan fingerprint density at radius 1 is 1.45 bits per heavy atom. The van der Waals surface area contributed by atoms with Crippen LogP contribution in [0.2, 0.25) is 0 Å². The van der Waals surface area contributed by atoms with Crippen LogP contribution >= 0.6 is 0 Å². The van der Waals surface area contributed by atoms with Gasteiger partial charge >= 0.3 is 5.97 Å². The van der Waals surface area contributed by atoms with E-state index in [0.717, 1.165) is 44.4 Å². The molecule has 1 aromatic heterocycles. The minimum absolute atomic E-state index is 0.278. The van der Waals surface area contributed by atoms with E-state index in [2.05, 4.69) is 21.9 Å². The van der Waals surface area contributed by atoms with Gasteiger partial charge in [0.25, 0.3) is 0 Å². The summed E-state index contributed by atoms with van der Waals surface area (Å²) in [5.41, 5.74) is 0. The van der Waals surface area contributed by atoms with Gasteiger partial charge in [0.2, 0.25) is 5.76 Å². The Morgan fingerprint density at radius 2 is 2.20 bits per heavy atom. The predicted molar refractivity (Wildman–Crippen MR) is 76.6 cm³/mol. The van der Waals surface area contributed by atoms with Crippen LogP contribution in [0.5, 0.6) is 0 Å². The molecule has 1 saturated heterocycles. The molecule has 0 atom stereocenters. The standard InChI is InChI=1S/C15H24N2O3/c1-3-17(10-12-6-8-16-9-7-12)11-13-4-5-14(20-13)15(18)19-2/h4-5,12,16H,3,6-11H2,1-2H3. The van der Waals surface area contributed by atoms with Crippen molar-refractivity contribution in [3.63, 3.8) is 0 Å². The quantitative estimate of drug-likeness (QED) is 0.806. The topological polar surface area (TPSA) is 54.7 Å². The molecule has 5 nitrogen and oxygen atoms in total. The van der Waals surface area contributed by atoms with Crippen molar-refractivity contribution in [1.82, 2.24) is 10.2 Å². The molecule has 1 fully saturated rings. The van der Waals surface area contributed by atoms with Crippen molar-refractivity contribution >= 4 is 5.97 Å². The summed E-state index contributed by atoms with van der Waals surface area (Å²) < 4.78 is 10.2. The fourth-order valence-corrected chi connectivity index (χ4v) is 2.63. The highest BCUT2D eigenvalue weighted by atomic mass is 16.5. The Hall–Kier alpha value is -1.33. The first kappa shape index (κ1) is 15.1. The van der Waals surface area contributed by atoms with Gasteiger partial charge < -0.3 is 14.5 Å². The van der Waals surface area contributed by atoms with E-state index in [9.17, 15) is 4.79 Å². The van der Waals surface area contributed by atoms with E-state index in [1.54, 1.807) is 6.07 Å². The summed E-state index contributed by atoms with van der Waals surface area (Å²) in [6, 6.07) is 3.54. The van der Waals surface area contributed by atoms with Crippen LogP contribution in [0, 0.1) is 5.92 Å². The minimum Gasteiger partial charge on any atom is -0.463 e.